The molecule has 1 heteroatoms. The molecule has 0 saturated carbocycles. The van der Waals surface area contributed by atoms with E-state index in [4.69, 9.17) is 4.74 Å². The molecule has 0 spiro atoms. The van der Waals surface area contributed by atoms with Gasteiger partial charge in [-0.25, -0.2) is 0 Å². The van der Waals surface area contributed by atoms with Gasteiger partial charge in [0.2, 0.25) is 0 Å². The highest BCUT2D eigenvalue weighted by Crippen LogP contribution is 2.46. The van der Waals surface area contributed by atoms with E-state index in [9.17, 15) is 0 Å². The predicted molar refractivity (Wildman–Crippen MR) is 106 cm³/mol. The Hall–Kier alpha value is -0.820. The molecule has 0 aliphatic rings. The highest BCUT2D eigenvalue weighted by molar-refractivity contribution is 5.25. The lowest BCUT2D eigenvalue weighted by atomic mass is 9.67. The van der Waals surface area contributed by atoms with E-state index in [-0.39, 0.29) is 5.60 Å². The number of rotatable bonds is 12. The maximum absolute atomic E-state index is 6.30. The van der Waals surface area contributed by atoms with Crippen molar-refractivity contribution in [2.24, 2.45) is 17.8 Å². The standard InChI is InChI=1S/C23H40O/c1-7-8-9-10-11-15-18-22(19(2)3)23(24-6,20(4)5)21-16-13-12-14-17-21/h12-14,16-17,19-20,22H,7-11,15,18H2,1-6H3. The van der Waals surface area contributed by atoms with Crippen molar-refractivity contribution < 1.29 is 4.74 Å². The zero-order valence-electron chi connectivity index (χ0n) is 17.0. The second-order valence-corrected chi connectivity index (χ2v) is 7.92. The van der Waals surface area contributed by atoms with Gasteiger partial charge in [0.05, 0.1) is 5.60 Å². The van der Waals surface area contributed by atoms with Gasteiger partial charge in [0.25, 0.3) is 0 Å². The molecular formula is C23H40O. The molecule has 0 fully saturated rings. The van der Waals surface area contributed by atoms with Crippen LogP contribution in [0.2, 0.25) is 0 Å². The van der Waals surface area contributed by atoms with Crippen LogP contribution in [0.4, 0.5) is 0 Å². The molecule has 0 aliphatic carbocycles. The number of hydrogen-bond donors (Lipinski definition) is 0. The molecule has 138 valence electrons. The lowest BCUT2D eigenvalue weighted by molar-refractivity contribution is -0.117. The smallest absolute Gasteiger partial charge is 0.0980 e. The zero-order valence-corrected chi connectivity index (χ0v) is 17.0. The van der Waals surface area contributed by atoms with Crippen molar-refractivity contribution >= 4 is 0 Å². The van der Waals surface area contributed by atoms with Gasteiger partial charge in [0.15, 0.2) is 0 Å². The van der Waals surface area contributed by atoms with Crippen molar-refractivity contribution in [1.82, 2.24) is 0 Å². The largest absolute Gasteiger partial charge is 0.373 e. The fourth-order valence-electron chi connectivity index (χ4n) is 4.37. The zero-order chi connectivity index (χ0) is 18.0. The fraction of sp³-hybridized carbons (Fsp3) is 0.739. The number of hydrogen-bond acceptors (Lipinski definition) is 1. The first-order valence-corrected chi connectivity index (χ1v) is 10.1. The molecule has 0 aromatic heterocycles. The normalized spacial score (nSPS) is 15.7. The Morgan fingerprint density at radius 3 is 1.96 bits per heavy atom. The van der Waals surface area contributed by atoms with Crippen molar-refractivity contribution in [2.75, 3.05) is 7.11 Å². The van der Waals surface area contributed by atoms with E-state index in [1.54, 1.807) is 0 Å². The Kier molecular flexibility index (Phi) is 9.66. The summed E-state index contributed by atoms with van der Waals surface area (Å²) >= 11 is 0. The summed E-state index contributed by atoms with van der Waals surface area (Å²) in [7, 11) is 1.91. The monoisotopic (exact) mass is 332 g/mol. The van der Waals surface area contributed by atoms with Crippen LogP contribution < -0.4 is 0 Å². The van der Waals surface area contributed by atoms with Crippen LogP contribution in [0.3, 0.4) is 0 Å². The molecule has 1 nitrogen and oxygen atoms in total. The molecule has 0 radical (unpaired) electrons. The van der Waals surface area contributed by atoms with E-state index in [0.29, 0.717) is 17.8 Å². The highest BCUT2D eigenvalue weighted by Gasteiger charge is 2.44. The van der Waals surface area contributed by atoms with E-state index < -0.39 is 0 Å². The van der Waals surface area contributed by atoms with Crippen LogP contribution >= 0.6 is 0 Å². The first-order valence-electron chi connectivity index (χ1n) is 10.1. The molecule has 1 aromatic rings. The van der Waals surface area contributed by atoms with Crippen LogP contribution in [-0.4, -0.2) is 7.11 Å². The van der Waals surface area contributed by atoms with Gasteiger partial charge >= 0.3 is 0 Å². The molecule has 1 aromatic carbocycles. The van der Waals surface area contributed by atoms with Crippen molar-refractivity contribution in [3.63, 3.8) is 0 Å². The first kappa shape index (κ1) is 21.2. The van der Waals surface area contributed by atoms with E-state index in [1.165, 1.54) is 50.5 Å². The summed E-state index contributed by atoms with van der Waals surface area (Å²) in [4.78, 5) is 0. The number of benzene rings is 1. The average molecular weight is 333 g/mol. The van der Waals surface area contributed by atoms with Gasteiger partial charge in [-0.3, -0.25) is 0 Å². The second-order valence-electron chi connectivity index (χ2n) is 7.92. The summed E-state index contributed by atoms with van der Waals surface area (Å²) in [6, 6.07) is 10.9. The summed E-state index contributed by atoms with van der Waals surface area (Å²) in [5, 5.41) is 0. The molecule has 24 heavy (non-hydrogen) atoms. The Morgan fingerprint density at radius 2 is 1.46 bits per heavy atom. The molecule has 1 rings (SSSR count). The second kappa shape index (κ2) is 10.9. The summed E-state index contributed by atoms with van der Waals surface area (Å²) in [6.07, 6.45) is 9.40. The third-order valence-corrected chi connectivity index (χ3v) is 5.64. The van der Waals surface area contributed by atoms with Crippen LogP contribution in [-0.2, 0) is 10.3 Å². The summed E-state index contributed by atoms with van der Waals surface area (Å²) in [5.74, 6) is 1.62. The Morgan fingerprint density at radius 1 is 0.875 bits per heavy atom. The molecule has 0 bridgehead atoms. The Bertz CT molecular complexity index is 423. The lowest BCUT2D eigenvalue weighted by Gasteiger charge is -2.45. The van der Waals surface area contributed by atoms with Gasteiger partial charge in [-0.2, -0.15) is 0 Å². The van der Waals surface area contributed by atoms with Crippen LogP contribution in [0.1, 0.15) is 85.1 Å². The van der Waals surface area contributed by atoms with E-state index in [1.807, 2.05) is 7.11 Å². The lowest BCUT2D eigenvalue weighted by Crippen LogP contribution is -2.44. The number of methoxy groups -OCH3 is 1. The quantitative estimate of drug-likeness (QED) is 0.367. The highest BCUT2D eigenvalue weighted by atomic mass is 16.5. The number of ether oxygens (including phenoxy) is 1. The minimum absolute atomic E-state index is 0.182. The third-order valence-electron chi connectivity index (χ3n) is 5.64. The van der Waals surface area contributed by atoms with Gasteiger partial charge in [0.1, 0.15) is 0 Å². The van der Waals surface area contributed by atoms with Gasteiger partial charge in [-0.15, -0.1) is 0 Å². The van der Waals surface area contributed by atoms with Crippen LogP contribution in [0.15, 0.2) is 30.3 Å². The molecule has 0 saturated heterocycles. The molecule has 0 heterocycles. The maximum atomic E-state index is 6.30. The van der Waals surface area contributed by atoms with Gasteiger partial charge < -0.3 is 4.74 Å². The van der Waals surface area contributed by atoms with Crippen molar-refractivity contribution in [2.45, 2.75) is 85.2 Å². The average Bonchev–Trinajstić information content (AvgIpc) is 2.57. The Labute approximate surface area is 151 Å². The first-order chi connectivity index (χ1) is 11.5. The summed E-state index contributed by atoms with van der Waals surface area (Å²) in [5.41, 5.74) is 1.16. The van der Waals surface area contributed by atoms with E-state index >= 15 is 0 Å². The summed E-state index contributed by atoms with van der Waals surface area (Å²) in [6.45, 7) is 11.6. The third kappa shape index (κ3) is 5.34. The molecule has 0 aliphatic heterocycles. The minimum atomic E-state index is -0.182. The molecule has 2 atom stereocenters. The van der Waals surface area contributed by atoms with Gasteiger partial charge in [-0.1, -0.05) is 103 Å². The Balaban J connectivity index is 2.90. The topological polar surface area (TPSA) is 9.23 Å². The molecule has 2 unspecified atom stereocenters. The predicted octanol–water partition coefficient (Wildman–Crippen LogP) is 7.21. The SMILES string of the molecule is CCCCCCCCC(C(C)C)C(OC)(c1ccccc1)C(C)C. The van der Waals surface area contributed by atoms with E-state index in [2.05, 4.69) is 65.0 Å². The minimum Gasteiger partial charge on any atom is -0.373 e. The molecular weight excluding hydrogens is 292 g/mol. The van der Waals surface area contributed by atoms with Gasteiger partial charge in [0, 0.05) is 7.11 Å². The molecule has 0 N–H and O–H groups in total. The van der Waals surface area contributed by atoms with Crippen molar-refractivity contribution in [3.05, 3.63) is 35.9 Å². The van der Waals surface area contributed by atoms with Crippen LogP contribution in [0, 0.1) is 17.8 Å². The van der Waals surface area contributed by atoms with Crippen LogP contribution in [0.5, 0.6) is 0 Å². The van der Waals surface area contributed by atoms with Crippen LogP contribution in [0.25, 0.3) is 0 Å². The fourth-order valence-corrected chi connectivity index (χ4v) is 4.37. The van der Waals surface area contributed by atoms with Gasteiger partial charge in [-0.05, 0) is 29.7 Å². The van der Waals surface area contributed by atoms with Crippen molar-refractivity contribution in [1.29, 1.82) is 0 Å². The number of unbranched alkanes of at least 4 members (excludes halogenated alkanes) is 5. The van der Waals surface area contributed by atoms with E-state index in [0.717, 1.165) is 0 Å². The molecule has 0 amide bonds. The summed E-state index contributed by atoms with van der Waals surface area (Å²) < 4.78 is 6.30. The maximum Gasteiger partial charge on any atom is 0.0980 e. The van der Waals surface area contributed by atoms with Crippen molar-refractivity contribution in [3.8, 4) is 0 Å².